The number of aryl methyl sites for hydroxylation is 2. The monoisotopic (exact) mass is 248 g/mol. The quantitative estimate of drug-likeness (QED) is 0.900. The number of pyridine rings is 1. The molecule has 0 radical (unpaired) electrons. The summed E-state index contributed by atoms with van der Waals surface area (Å²) in [5.41, 5.74) is 1.33. The molecule has 2 rings (SSSR count). The Morgan fingerprint density at radius 1 is 1.56 bits per heavy atom. The molecule has 2 heterocycles. The standard InChI is InChI=1S/C12H13FN4O/c1-3-10-11(7-17(2)16-10)15-12(18)8-4-5-14-6-9(8)13/h4-7H,3H2,1-2H3,(H,15,18). The Morgan fingerprint density at radius 3 is 3.00 bits per heavy atom. The molecule has 0 saturated carbocycles. The number of aromatic nitrogens is 3. The van der Waals surface area contributed by atoms with Crippen molar-refractivity contribution in [2.75, 3.05) is 5.32 Å². The van der Waals surface area contributed by atoms with E-state index in [1.54, 1.807) is 17.9 Å². The zero-order chi connectivity index (χ0) is 13.1. The Bertz CT molecular complexity index is 579. The van der Waals surface area contributed by atoms with Gasteiger partial charge in [0.2, 0.25) is 0 Å². The molecule has 0 bridgehead atoms. The molecule has 18 heavy (non-hydrogen) atoms. The van der Waals surface area contributed by atoms with Gasteiger partial charge in [-0.2, -0.15) is 5.10 Å². The van der Waals surface area contributed by atoms with Crippen LogP contribution in [0.2, 0.25) is 0 Å². The fraction of sp³-hybridized carbons (Fsp3) is 0.250. The van der Waals surface area contributed by atoms with Gasteiger partial charge in [-0.1, -0.05) is 6.92 Å². The number of amides is 1. The molecule has 0 aliphatic carbocycles. The fourth-order valence-corrected chi connectivity index (χ4v) is 1.65. The highest BCUT2D eigenvalue weighted by Gasteiger charge is 2.14. The minimum atomic E-state index is -0.642. The Balaban J connectivity index is 2.24. The number of hydrogen-bond donors (Lipinski definition) is 1. The summed E-state index contributed by atoms with van der Waals surface area (Å²) in [5, 5.41) is 6.84. The molecule has 2 aromatic heterocycles. The van der Waals surface area contributed by atoms with Crippen LogP contribution in [0.1, 0.15) is 23.0 Å². The molecular formula is C12H13FN4O. The summed E-state index contributed by atoms with van der Waals surface area (Å²) >= 11 is 0. The van der Waals surface area contributed by atoms with Gasteiger partial charge in [0.1, 0.15) is 0 Å². The number of hydrogen-bond acceptors (Lipinski definition) is 3. The van der Waals surface area contributed by atoms with Crippen LogP contribution in [0, 0.1) is 5.82 Å². The van der Waals surface area contributed by atoms with Crippen molar-refractivity contribution in [1.82, 2.24) is 14.8 Å². The van der Waals surface area contributed by atoms with E-state index in [-0.39, 0.29) is 5.56 Å². The zero-order valence-electron chi connectivity index (χ0n) is 10.1. The van der Waals surface area contributed by atoms with Crippen LogP contribution in [0.5, 0.6) is 0 Å². The SMILES string of the molecule is CCc1nn(C)cc1NC(=O)c1ccncc1F. The van der Waals surface area contributed by atoms with Crippen molar-refractivity contribution in [3.8, 4) is 0 Å². The largest absolute Gasteiger partial charge is 0.319 e. The van der Waals surface area contributed by atoms with E-state index in [0.717, 1.165) is 11.9 Å². The highest BCUT2D eigenvalue weighted by atomic mass is 19.1. The van der Waals surface area contributed by atoms with E-state index in [9.17, 15) is 9.18 Å². The third-order valence-corrected chi connectivity index (χ3v) is 2.51. The molecule has 0 spiro atoms. The highest BCUT2D eigenvalue weighted by molar-refractivity contribution is 6.04. The van der Waals surface area contributed by atoms with Gasteiger partial charge in [0.25, 0.3) is 5.91 Å². The smallest absolute Gasteiger partial charge is 0.258 e. The van der Waals surface area contributed by atoms with E-state index >= 15 is 0 Å². The van der Waals surface area contributed by atoms with Crippen molar-refractivity contribution < 1.29 is 9.18 Å². The Hall–Kier alpha value is -2.24. The van der Waals surface area contributed by atoms with Crippen LogP contribution in [0.15, 0.2) is 24.7 Å². The summed E-state index contributed by atoms with van der Waals surface area (Å²) in [6.45, 7) is 1.94. The van der Waals surface area contributed by atoms with Gasteiger partial charge in [-0.05, 0) is 12.5 Å². The van der Waals surface area contributed by atoms with Gasteiger partial charge in [-0.3, -0.25) is 14.5 Å². The second-order valence-corrected chi connectivity index (χ2v) is 3.83. The summed E-state index contributed by atoms with van der Waals surface area (Å²) in [4.78, 5) is 15.5. The average Bonchev–Trinajstić information content (AvgIpc) is 2.70. The van der Waals surface area contributed by atoms with Crippen LogP contribution in [-0.4, -0.2) is 20.7 Å². The van der Waals surface area contributed by atoms with Gasteiger partial charge < -0.3 is 5.32 Å². The van der Waals surface area contributed by atoms with Crippen LogP contribution in [0.4, 0.5) is 10.1 Å². The number of carbonyl (C=O) groups excluding carboxylic acids is 1. The summed E-state index contributed by atoms with van der Waals surface area (Å²) in [7, 11) is 1.77. The first-order chi connectivity index (χ1) is 8.61. The normalized spacial score (nSPS) is 10.4. The summed E-state index contributed by atoms with van der Waals surface area (Å²) < 4.78 is 15.0. The highest BCUT2D eigenvalue weighted by Crippen LogP contribution is 2.15. The topological polar surface area (TPSA) is 59.8 Å². The molecule has 0 aliphatic heterocycles. The Morgan fingerprint density at radius 2 is 2.33 bits per heavy atom. The minimum Gasteiger partial charge on any atom is -0.319 e. The number of nitrogens with zero attached hydrogens (tertiary/aromatic N) is 3. The summed E-state index contributed by atoms with van der Waals surface area (Å²) in [6, 6.07) is 1.34. The van der Waals surface area contributed by atoms with Crippen LogP contribution < -0.4 is 5.32 Å². The van der Waals surface area contributed by atoms with Crippen molar-refractivity contribution in [2.24, 2.45) is 7.05 Å². The van der Waals surface area contributed by atoms with E-state index in [1.165, 1.54) is 12.3 Å². The number of halogens is 1. The molecule has 5 nitrogen and oxygen atoms in total. The molecule has 0 unspecified atom stereocenters. The molecule has 0 aromatic carbocycles. The van der Waals surface area contributed by atoms with E-state index < -0.39 is 11.7 Å². The van der Waals surface area contributed by atoms with Crippen molar-refractivity contribution in [2.45, 2.75) is 13.3 Å². The molecule has 94 valence electrons. The van der Waals surface area contributed by atoms with Crippen LogP contribution >= 0.6 is 0 Å². The number of carbonyl (C=O) groups is 1. The second-order valence-electron chi connectivity index (χ2n) is 3.83. The molecular weight excluding hydrogens is 235 g/mol. The minimum absolute atomic E-state index is 0.0316. The first kappa shape index (κ1) is 12.2. The lowest BCUT2D eigenvalue weighted by molar-refractivity contribution is 0.102. The fourth-order valence-electron chi connectivity index (χ4n) is 1.65. The van der Waals surface area contributed by atoms with Gasteiger partial charge in [0, 0.05) is 19.4 Å². The lowest BCUT2D eigenvalue weighted by Gasteiger charge is -2.04. The number of nitrogens with one attached hydrogen (secondary N) is 1. The predicted octanol–water partition coefficient (Wildman–Crippen LogP) is 1.77. The van der Waals surface area contributed by atoms with Crippen LogP contribution in [0.25, 0.3) is 0 Å². The van der Waals surface area contributed by atoms with Crippen LogP contribution in [0.3, 0.4) is 0 Å². The molecule has 2 aromatic rings. The molecule has 0 aliphatic rings. The average molecular weight is 248 g/mol. The maximum absolute atomic E-state index is 13.4. The zero-order valence-corrected chi connectivity index (χ0v) is 10.1. The maximum atomic E-state index is 13.4. The van der Waals surface area contributed by atoms with Gasteiger partial charge in [0.05, 0.1) is 23.1 Å². The van der Waals surface area contributed by atoms with Gasteiger partial charge in [0.15, 0.2) is 5.82 Å². The van der Waals surface area contributed by atoms with Crippen molar-refractivity contribution in [3.63, 3.8) is 0 Å². The first-order valence-corrected chi connectivity index (χ1v) is 5.55. The lowest BCUT2D eigenvalue weighted by Crippen LogP contribution is -2.14. The molecule has 0 fully saturated rings. The van der Waals surface area contributed by atoms with Crippen molar-refractivity contribution in [1.29, 1.82) is 0 Å². The van der Waals surface area contributed by atoms with Gasteiger partial charge in [-0.15, -0.1) is 0 Å². The van der Waals surface area contributed by atoms with E-state index in [1.807, 2.05) is 6.92 Å². The molecule has 1 amide bonds. The molecule has 0 atom stereocenters. The van der Waals surface area contributed by atoms with Gasteiger partial charge in [-0.25, -0.2) is 4.39 Å². The Kier molecular flexibility index (Phi) is 3.36. The number of anilines is 1. The van der Waals surface area contributed by atoms with E-state index in [2.05, 4.69) is 15.4 Å². The lowest BCUT2D eigenvalue weighted by atomic mass is 10.2. The molecule has 6 heteroatoms. The maximum Gasteiger partial charge on any atom is 0.258 e. The Labute approximate surface area is 104 Å². The van der Waals surface area contributed by atoms with Crippen LogP contribution in [-0.2, 0) is 13.5 Å². The third-order valence-electron chi connectivity index (χ3n) is 2.51. The second kappa shape index (κ2) is 4.95. The summed E-state index contributed by atoms with van der Waals surface area (Å²) in [6.07, 6.45) is 4.77. The van der Waals surface area contributed by atoms with E-state index in [0.29, 0.717) is 12.1 Å². The summed E-state index contributed by atoms with van der Waals surface area (Å²) in [5.74, 6) is -1.14. The first-order valence-electron chi connectivity index (χ1n) is 5.55. The molecule has 1 N–H and O–H groups in total. The third kappa shape index (κ3) is 2.37. The molecule has 0 saturated heterocycles. The predicted molar refractivity (Wildman–Crippen MR) is 64.7 cm³/mol. The number of rotatable bonds is 3. The van der Waals surface area contributed by atoms with Gasteiger partial charge >= 0.3 is 0 Å². The van der Waals surface area contributed by atoms with Crippen molar-refractivity contribution >= 4 is 11.6 Å². The van der Waals surface area contributed by atoms with Crippen molar-refractivity contribution in [3.05, 3.63) is 41.7 Å². The van der Waals surface area contributed by atoms with E-state index in [4.69, 9.17) is 0 Å².